The maximum Gasteiger partial charge on any atom is 0.234 e. The standard InChI is InChI=1S/C12H13N3O2/c1-3-9(16)6-11-14-12(15-17-11)10-7-13-5-4-8(10)2/h4-5,7H,3,6H2,1-2H3. The number of Topliss-reactive ketones (excluding diaryl/α,β-unsaturated/α-hetero) is 1. The molecule has 0 amide bonds. The first-order chi connectivity index (χ1) is 8.20. The minimum absolute atomic E-state index is 0.0862. The molecule has 0 aliphatic heterocycles. The van der Waals surface area contributed by atoms with Crippen LogP contribution in [0.3, 0.4) is 0 Å². The molecule has 17 heavy (non-hydrogen) atoms. The van der Waals surface area contributed by atoms with Crippen molar-refractivity contribution in [2.75, 3.05) is 0 Å². The highest BCUT2D eigenvalue weighted by Crippen LogP contribution is 2.18. The van der Waals surface area contributed by atoms with Gasteiger partial charge in [-0.3, -0.25) is 9.78 Å². The van der Waals surface area contributed by atoms with Crippen LogP contribution >= 0.6 is 0 Å². The van der Waals surface area contributed by atoms with Crippen LogP contribution in [0.25, 0.3) is 11.4 Å². The van der Waals surface area contributed by atoms with E-state index in [1.807, 2.05) is 19.9 Å². The molecule has 5 nitrogen and oxygen atoms in total. The van der Waals surface area contributed by atoms with Gasteiger partial charge < -0.3 is 4.52 Å². The van der Waals surface area contributed by atoms with Crippen molar-refractivity contribution in [1.82, 2.24) is 15.1 Å². The molecule has 0 unspecified atom stereocenters. The molecule has 0 fully saturated rings. The molecule has 2 aromatic heterocycles. The summed E-state index contributed by atoms with van der Waals surface area (Å²) in [5, 5.41) is 3.86. The molecule has 5 heteroatoms. The number of carbonyl (C=O) groups excluding carboxylic acids is 1. The number of aromatic nitrogens is 3. The maximum atomic E-state index is 11.3. The number of hydrogen-bond donors (Lipinski definition) is 0. The van der Waals surface area contributed by atoms with Crippen molar-refractivity contribution in [3.05, 3.63) is 29.9 Å². The summed E-state index contributed by atoms with van der Waals surface area (Å²) in [4.78, 5) is 19.5. The van der Waals surface area contributed by atoms with Crippen LogP contribution in [0.1, 0.15) is 24.8 Å². The molecular weight excluding hydrogens is 218 g/mol. The van der Waals surface area contributed by atoms with Gasteiger partial charge in [0.15, 0.2) is 0 Å². The Hall–Kier alpha value is -2.04. The second kappa shape index (κ2) is 4.86. The molecule has 0 aliphatic rings. The van der Waals surface area contributed by atoms with Gasteiger partial charge >= 0.3 is 0 Å². The lowest BCUT2D eigenvalue weighted by molar-refractivity contribution is -0.118. The van der Waals surface area contributed by atoms with E-state index < -0.39 is 0 Å². The summed E-state index contributed by atoms with van der Waals surface area (Å²) < 4.78 is 5.04. The molecular formula is C12H13N3O2. The van der Waals surface area contributed by atoms with Gasteiger partial charge in [0.05, 0.1) is 6.42 Å². The molecule has 88 valence electrons. The quantitative estimate of drug-likeness (QED) is 0.804. The summed E-state index contributed by atoms with van der Waals surface area (Å²) in [5.41, 5.74) is 1.85. The molecule has 0 aromatic carbocycles. The molecule has 2 rings (SSSR count). The van der Waals surface area contributed by atoms with Crippen LogP contribution in [0.15, 0.2) is 23.0 Å². The Morgan fingerprint density at radius 2 is 2.29 bits per heavy atom. The van der Waals surface area contributed by atoms with Gasteiger partial charge in [0.2, 0.25) is 11.7 Å². The van der Waals surface area contributed by atoms with Gasteiger partial charge in [-0.25, -0.2) is 0 Å². The largest absolute Gasteiger partial charge is 0.338 e. The summed E-state index contributed by atoms with van der Waals surface area (Å²) in [6.07, 6.45) is 4.07. The molecule has 0 radical (unpaired) electrons. The Morgan fingerprint density at radius 3 is 3.00 bits per heavy atom. The highest BCUT2D eigenvalue weighted by molar-refractivity contribution is 5.79. The maximum absolute atomic E-state index is 11.3. The Kier molecular flexibility index (Phi) is 3.27. The van der Waals surface area contributed by atoms with E-state index in [9.17, 15) is 4.79 Å². The predicted molar refractivity (Wildman–Crippen MR) is 61.3 cm³/mol. The fourth-order valence-electron chi connectivity index (χ4n) is 1.43. The van der Waals surface area contributed by atoms with E-state index in [2.05, 4.69) is 15.1 Å². The van der Waals surface area contributed by atoms with Gasteiger partial charge in [0.25, 0.3) is 0 Å². The van der Waals surface area contributed by atoms with Crippen LogP contribution in [0.2, 0.25) is 0 Å². The third kappa shape index (κ3) is 2.55. The first-order valence-electron chi connectivity index (χ1n) is 5.46. The highest BCUT2D eigenvalue weighted by Gasteiger charge is 2.12. The van der Waals surface area contributed by atoms with E-state index in [1.54, 1.807) is 12.4 Å². The fourth-order valence-corrected chi connectivity index (χ4v) is 1.43. The van der Waals surface area contributed by atoms with Gasteiger partial charge in [-0.15, -0.1) is 0 Å². The van der Waals surface area contributed by atoms with Crippen molar-refractivity contribution < 1.29 is 9.32 Å². The molecule has 0 saturated heterocycles. The lowest BCUT2D eigenvalue weighted by atomic mass is 10.1. The van der Waals surface area contributed by atoms with Gasteiger partial charge in [-0.2, -0.15) is 4.98 Å². The smallest absolute Gasteiger partial charge is 0.234 e. The van der Waals surface area contributed by atoms with E-state index in [1.165, 1.54) is 0 Å². The lowest BCUT2D eigenvalue weighted by Crippen LogP contribution is -2.00. The fraction of sp³-hybridized carbons (Fsp3) is 0.333. The number of pyridine rings is 1. The van der Waals surface area contributed by atoms with Crippen molar-refractivity contribution >= 4 is 5.78 Å². The molecule has 0 saturated carbocycles. The number of carbonyl (C=O) groups is 1. The SMILES string of the molecule is CCC(=O)Cc1nc(-c2cnccc2C)no1. The van der Waals surface area contributed by atoms with Crippen molar-refractivity contribution in [1.29, 1.82) is 0 Å². The van der Waals surface area contributed by atoms with E-state index in [4.69, 9.17) is 4.52 Å². The van der Waals surface area contributed by atoms with Crippen LogP contribution < -0.4 is 0 Å². The number of aryl methyl sites for hydroxylation is 1. The van der Waals surface area contributed by atoms with Crippen LogP contribution in [-0.2, 0) is 11.2 Å². The van der Waals surface area contributed by atoms with Gasteiger partial charge in [-0.05, 0) is 18.6 Å². The second-order valence-electron chi connectivity index (χ2n) is 3.77. The van der Waals surface area contributed by atoms with Crippen molar-refractivity contribution in [2.45, 2.75) is 26.7 Å². The van der Waals surface area contributed by atoms with Crippen LogP contribution in [0.5, 0.6) is 0 Å². The number of rotatable bonds is 4. The van der Waals surface area contributed by atoms with Crippen LogP contribution in [0, 0.1) is 6.92 Å². The lowest BCUT2D eigenvalue weighted by Gasteiger charge is -1.97. The Balaban J connectivity index is 2.24. The van der Waals surface area contributed by atoms with Crippen molar-refractivity contribution in [2.24, 2.45) is 0 Å². The Labute approximate surface area is 98.9 Å². The zero-order chi connectivity index (χ0) is 12.3. The number of hydrogen-bond acceptors (Lipinski definition) is 5. The van der Waals surface area contributed by atoms with E-state index >= 15 is 0 Å². The molecule has 2 aromatic rings. The van der Waals surface area contributed by atoms with Crippen LogP contribution in [0.4, 0.5) is 0 Å². The molecule has 0 aliphatic carbocycles. The normalized spacial score (nSPS) is 10.5. The molecule has 2 heterocycles. The zero-order valence-electron chi connectivity index (χ0n) is 9.80. The van der Waals surface area contributed by atoms with Crippen molar-refractivity contribution in [3.63, 3.8) is 0 Å². The highest BCUT2D eigenvalue weighted by atomic mass is 16.5. The predicted octanol–water partition coefficient (Wildman–Crippen LogP) is 1.96. The van der Waals surface area contributed by atoms with Crippen LogP contribution in [-0.4, -0.2) is 20.9 Å². The third-order valence-corrected chi connectivity index (χ3v) is 2.49. The molecule has 0 bridgehead atoms. The number of ketones is 1. The van der Waals surface area contributed by atoms with Crippen molar-refractivity contribution in [3.8, 4) is 11.4 Å². The monoisotopic (exact) mass is 231 g/mol. The third-order valence-electron chi connectivity index (χ3n) is 2.49. The average Bonchev–Trinajstić information content (AvgIpc) is 2.78. The topological polar surface area (TPSA) is 68.9 Å². The first-order valence-corrected chi connectivity index (χ1v) is 5.46. The summed E-state index contributed by atoms with van der Waals surface area (Å²) in [6.45, 7) is 3.76. The minimum Gasteiger partial charge on any atom is -0.338 e. The average molecular weight is 231 g/mol. The Bertz CT molecular complexity index is 534. The van der Waals surface area contributed by atoms with E-state index in [-0.39, 0.29) is 12.2 Å². The summed E-state index contributed by atoms with van der Waals surface area (Å²) in [6, 6.07) is 1.88. The van der Waals surface area contributed by atoms with E-state index in [0.29, 0.717) is 18.1 Å². The minimum atomic E-state index is 0.0862. The van der Waals surface area contributed by atoms with E-state index in [0.717, 1.165) is 11.1 Å². The molecule has 0 N–H and O–H groups in total. The molecule has 0 spiro atoms. The number of nitrogens with zero attached hydrogens (tertiary/aromatic N) is 3. The summed E-state index contributed by atoms with van der Waals surface area (Å²) in [7, 11) is 0. The second-order valence-corrected chi connectivity index (χ2v) is 3.77. The summed E-state index contributed by atoms with van der Waals surface area (Å²) in [5.74, 6) is 0.924. The Morgan fingerprint density at radius 1 is 1.47 bits per heavy atom. The summed E-state index contributed by atoms with van der Waals surface area (Å²) >= 11 is 0. The van der Waals surface area contributed by atoms with Gasteiger partial charge in [0, 0.05) is 24.4 Å². The first kappa shape index (κ1) is 11.4. The van der Waals surface area contributed by atoms with Gasteiger partial charge in [-0.1, -0.05) is 12.1 Å². The zero-order valence-corrected chi connectivity index (χ0v) is 9.80. The molecule has 0 atom stereocenters. The van der Waals surface area contributed by atoms with Gasteiger partial charge in [0.1, 0.15) is 5.78 Å².